The molecule has 0 saturated heterocycles. The molecule has 9 heteroatoms. The number of hydrogen-bond acceptors (Lipinski definition) is 6. The van der Waals surface area contributed by atoms with Gasteiger partial charge in [-0.3, -0.25) is 4.79 Å². The largest absolute Gasteiger partial charge is 0.460 e. The molecule has 30 heavy (non-hydrogen) atoms. The number of carbonyl (C=O) groups is 1. The van der Waals surface area contributed by atoms with Crippen LogP contribution in [-0.2, 0) is 39.1 Å². The van der Waals surface area contributed by atoms with Gasteiger partial charge in [-0.05, 0) is 29.3 Å². The predicted molar refractivity (Wildman–Crippen MR) is 114 cm³/mol. The maximum absolute atomic E-state index is 12.9. The van der Waals surface area contributed by atoms with Gasteiger partial charge in [0.05, 0.1) is 6.26 Å². The third-order valence-electron chi connectivity index (χ3n) is 5.07. The molecule has 1 atom stereocenters. The Morgan fingerprint density at radius 3 is 2.67 bits per heavy atom. The molecule has 0 bridgehead atoms. The second-order valence-electron chi connectivity index (χ2n) is 7.14. The second-order valence-corrected chi connectivity index (χ2v) is 9.99. The molecular formula is C21H18BrNO6S. The van der Waals surface area contributed by atoms with Gasteiger partial charge in [0.1, 0.15) is 18.2 Å². The van der Waals surface area contributed by atoms with Crippen LogP contribution in [-0.4, -0.2) is 31.0 Å². The number of sulfonamides is 1. The zero-order chi connectivity index (χ0) is 21.5. The van der Waals surface area contributed by atoms with Crippen molar-refractivity contribution in [3.63, 3.8) is 0 Å². The minimum absolute atomic E-state index is 0.112. The number of halogens is 1. The minimum atomic E-state index is -3.63. The van der Waals surface area contributed by atoms with Crippen molar-refractivity contribution in [3.05, 3.63) is 80.1 Å². The van der Waals surface area contributed by atoms with Crippen molar-refractivity contribution in [2.45, 2.75) is 25.6 Å². The van der Waals surface area contributed by atoms with Crippen LogP contribution in [0.15, 0.2) is 62.2 Å². The van der Waals surface area contributed by atoms with Crippen molar-refractivity contribution >= 4 is 42.9 Å². The van der Waals surface area contributed by atoms with Gasteiger partial charge < -0.3 is 9.15 Å². The van der Waals surface area contributed by atoms with Crippen molar-refractivity contribution in [2.75, 3.05) is 6.26 Å². The van der Waals surface area contributed by atoms with E-state index in [0.717, 1.165) is 26.2 Å². The molecule has 0 amide bonds. The molecule has 3 aromatic rings. The smallest absolute Gasteiger partial charge is 0.336 e. The summed E-state index contributed by atoms with van der Waals surface area (Å²) in [7, 11) is -3.63. The zero-order valence-electron chi connectivity index (χ0n) is 16.0. The lowest BCUT2D eigenvalue weighted by atomic mass is 9.96. The van der Waals surface area contributed by atoms with Crippen LogP contribution in [0, 0.1) is 0 Å². The first-order chi connectivity index (χ1) is 14.2. The van der Waals surface area contributed by atoms with Gasteiger partial charge in [-0.15, -0.1) is 0 Å². The van der Waals surface area contributed by atoms with Crippen LogP contribution in [0.3, 0.4) is 0 Å². The molecule has 0 N–H and O–H groups in total. The van der Waals surface area contributed by atoms with Crippen molar-refractivity contribution in [1.82, 2.24) is 4.31 Å². The highest BCUT2D eigenvalue weighted by atomic mass is 79.9. The second kappa shape index (κ2) is 7.98. The Morgan fingerprint density at radius 2 is 1.93 bits per heavy atom. The molecule has 0 saturated carbocycles. The molecular weight excluding hydrogens is 474 g/mol. The quantitative estimate of drug-likeness (QED) is 0.411. The fraction of sp³-hybridized carbons (Fsp3) is 0.238. The fourth-order valence-corrected chi connectivity index (χ4v) is 4.95. The highest BCUT2D eigenvalue weighted by molar-refractivity contribution is 9.10. The van der Waals surface area contributed by atoms with E-state index in [2.05, 4.69) is 15.9 Å². The van der Waals surface area contributed by atoms with E-state index in [9.17, 15) is 18.0 Å². The zero-order valence-corrected chi connectivity index (χ0v) is 18.4. The molecule has 1 aromatic heterocycles. The number of fused-ring (bicyclic) bond motifs is 2. The Morgan fingerprint density at radius 1 is 1.20 bits per heavy atom. The van der Waals surface area contributed by atoms with Gasteiger partial charge in [0.2, 0.25) is 10.0 Å². The van der Waals surface area contributed by atoms with E-state index in [4.69, 9.17) is 9.15 Å². The molecule has 7 nitrogen and oxygen atoms in total. The molecule has 0 radical (unpaired) electrons. The third-order valence-corrected chi connectivity index (χ3v) is 6.79. The van der Waals surface area contributed by atoms with Gasteiger partial charge in [-0.2, -0.15) is 4.31 Å². The molecule has 4 rings (SSSR count). The van der Waals surface area contributed by atoms with E-state index >= 15 is 0 Å². The highest BCUT2D eigenvalue weighted by Crippen LogP contribution is 2.27. The van der Waals surface area contributed by atoms with Crippen LogP contribution >= 0.6 is 15.9 Å². The maximum atomic E-state index is 12.9. The molecule has 2 aromatic carbocycles. The Kier molecular flexibility index (Phi) is 5.52. The lowest BCUT2D eigenvalue weighted by Gasteiger charge is -2.33. The van der Waals surface area contributed by atoms with Crippen LogP contribution in [0.4, 0.5) is 0 Å². The Balaban J connectivity index is 1.61. The molecule has 2 heterocycles. The van der Waals surface area contributed by atoms with Crippen molar-refractivity contribution in [3.8, 4) is 0 Å². The number of carbonyl (C=O) groups excluding carboxylic acids is 1. The lowest BCUT2D eigenvalue weighted by molar-refractivity contribution is -0.150. The van der Waals surface area contributed by atoms with Gasteiger partial charge in [0.15, 0.2) is 0 Å². The summed E-state index contributed by atoms with van der Waals surface area (Å²) in [6.45, 7) is -0.0566. The highest BCUT2D eigenvalue weighted by Gasteiger charge is 2.37. The van der Waals surface area contributed by atoms with E-state index in [1.54, 1.807) is 18.2 Å². The van der Waals surface area contributed by atoms with E-state index in [0.29, 0.717) is 16.5 Å². The number of benzene rings is 2. The van der Waals surface area contributed by atoms with Crippen LogP contribution < -0.4 is 5.63 Å². The summed E-state index contributed by atoms with van der Waals surface area (Å²) in [5.74, 6) is -0.659. The van der Waals surface area contributed by atoms with Gasteiger partial charge in [-0.25, -0.2) is 13.2 Å². The molecule has 156 valence electrons. The Labute approximate surface area is 181 Å². The summed E-state index contributed by atoms with van der Waals surface area (Å²) in [6, 6.07) is 12.9. The van der Waals surface area contributed by atoms with Gasteiger partial charge >= 0.3 is 11.6 Å². The summed E-state index contributed by atoms with van der Waals surface area (Å²) in [5, 5.41) is 0.638. The van der Waals surface area contributed by atoms with E-state index in [1.807, 2.05) is 24.3 Å². The SMILES string of the molecule is CS(=O)(=O)N1Cc2ccccc2C[C@@H]1C(=O)OCc1cc(=O)oc2cc(Br)ccc12. The predicted octanol–water partition coefficient (Wildman–Crippen LogP) is 2.99. The summed E-state index contributed by atoms with van der Waals surface area (Å²) in [6.07, 6.45) is 1.31. The fourth-order valence-electron chi connectivity index (χ4n) is 3.62. The molecule has 1 aliphatic rings. The molecule has 0 unspecified atom stereocenters. The number of hydrogen-bond donors (Lipinski definition) is 0. The average Bonchev–Trinajstić information content (AvgIpc) is 2.69. The van der Waals surface area contributed by atoms with Crippen molar-refractivity contribution in [1.29, 1.82) is 0 Å². The van der Waals surface area contributed by atoms with E-state index < -0.39 is 27.7 Å². The van der Waals surface area contributed by atoms with Crippen molar-refractivity contribution < 1.29 is 22.4 Å². The van der Waals surface area contributed by atoms with Crippen LogP contribution in [0.5, 0.6) is 0 Å². The normalized spacial score (nSPS) is 16.9. The molecule has 1 aliphatic heterocycles. The standard InChI is InChI=1S/C21H18BrNO6S/c1-30(26,27)23-11-14-5-3-2-4-13(14)8-18(23)21(25)28-12-15-9-20(24)29-19-10-16(22)6-7-17(15)19/h2-7,9-10,18H,8,11-12H2,1H3/t18-/m1/s1. The van der Waals surface area contributed by atoms with Crippen molar-refractivity contribution in [2.24, 2.45) is 0 Å². The summed E-state index contributed by atoms with van der Waals surface area (Å²) < 4.78 is 37.2. The van der Waals surface area contributed by atoms with Gasteiger partial charge in [0, 0.05) is 34.5 Å². The van der Waals surface area contributed by atoms with Gasteiger partial charge in [0.25, 0.3) is 0 Å². The summed E-state index contributed by atoms with van der Waals surface area (Å²) in [5.41, 5.74) is 2.08. The molecule has 0 aliphatic carbocycles. The number of rotatable bonds is 4. The Hall–Kier alpha value is -2.49. The molecule has 0 spiro atoms. The van der Waals surface area contributed by atoms with E-state index in [-0.39, 0.29) is 19.6 Å². The first kappa shape index (κ1) is 20.8. The first-order valence-electron chi connectivity index (χ1n) is 9.15. The summed E-state index contributed by atoms with van der Waals surface area (Å²) in [4.78, 5) is 24.7. The summed E-state index contributed by atoms with van der Waals surface area (Å²) >= 11 is 3.32. The van der Waals surface area contributed by atoms with Gasteiger partial charge in [-0.1, -0.05) is 40.2 Å². The van der Waals surface area contributed by atoms with Crippen LogP contribution in [0.25, 0.3) is 11.0 Å². The topological polar surface area (TPSA) is 93.9 Å². The number of esters is 1. The number of nitrogens with zero attached hydrogens (tertiary/aromatic N) is 1. The third kappa shape index (κ3) is 4.19. The monoisotopic (exact) mass is 491 g/mol. The Bertz CT molecular complexity index is 1300. The maximum Gasteiger partial charge on any atom is 0.336 e. The number of ether oxygens (including phenoxy) is 1. The lowest BCUT2D eigenvalue weighted by Crippen LogP contribution is -2.48. The van der Waals surface area contributed by atoms with Crippen LogP contribution in [0.2, 0.25) is 0 Å². The average molecular weight is 492 g/mol. The van der Waals surface area contributed by atoms with E-state index in [1.165, 1.54) is 6.07 Å². The first-order valence-corrected chi connectivity index (χ1v) is 11.8. The molecule has 0 fully saturated rings. The van der Waals surface area contributed by atoms with Crippen LogP contribution in [0.1, 0.15) is 16.7 Å². The minimum Gasteiger partial charge on any atom is -0.460 e.